The maximum Gasteiger partial charge on any atom is 0.257 e. The van der Waals surface area contributed by atoms with Gasteiger partial charge >= 0.3 is 0 Å². The van der Waals surface area contributed by atoms with Gasteiger partial charge in [-0.15, -0.1) is 0 Å². The van der Waals surface area contributed by atoms with Crippen molar-refractivity contribution in [2.45, 2.75) is 30.6 Å². The Kier molecular flexibility index (Phi) is 6.64. The zero-order chi connectivity index (χ0) is 23.6. The Morgan fingerprint density at radius 3 is 2.45 bits per heavy atom. The van der Waals surface area contributed by atoms with Gasteiger partial charge in [0.15, 0.2) is 0 Å². The summed E-state index contributed by atoms with van der Waals surface area (Å²) in [7, 11) is -5.62. The van der Waals surface area contributed by atoms with E-state index in [9.17, 15) is 17.4 Å². The van der Waals surface area contributed by atoms with Gasteiger partial charge < -0.3 is 24.3 Å². The minimum Gasteiger partial charge on any atom is -0.440 e. The van der Waals surface area contributed by atoms with E-state index in [0.29, 0.717) is 28.0 Å². The Morgan fingerprint density at radius 2 is 1.82 bits per heavy atom. The number of nitrogens with zero attached hydrogens (tertiary/aromatic N) is 1. The molecule has 0 unspecified atom stereocenters. The first-order valence-corrected chi connectivity index (χ1v) is 13.6. The number of hydrogen-bond donors (Lipinski definition) is 4. The summed E-state index contributed by atoms with van der Waals surface area (Å²) in [5, 5.41) is 11.8. The second kappa shape index (κ2) is 9.32. The van der Waals surface area contributed by atoms with Crippen LogP contribution in [0.25, 0.3) is 0 Å². The maximum absolute atomic E-state index is 13.2. The van der Waals surface area contributed by atoms with Gasteiger partial charge in [0.2, 0.25) is 10.0 Å². The molecular weight excluding hydrogens is 464 g/mol. The molecule has 0 bridgehead atoms. The van der Waals surface area contributed by atoms with E-state index in [4.69, 9.17) is 9.89 Å². The first-order valence-electron chi connectivity index (χ1n) is 10.8. The zero-order valence-electron chi connectivity index (χ0n) is 18.0. The van der Waals surface area contributed by atoms with Crippen molar-refractivity contribution in [3.05, 3.63) is 48.0 Å². The van der Waals surface area contributed by atoms with Gasteiger partial charge in [-0.2, -0.15) is 10.6 Å². The summed E-state index contributed by atoms with van der Waals surface area (Å²) in [4.78, 5) is 15.6. The van der Waals surface area contributed by atoms with Crippen molar-refractivity contribution in [1.29, 1.82) is 4.78 Å². The van der Waals surface area contributed by atoms with Gasteiger partial charge in [-0.3, -0.25) is 9.52 Å². The van der Waals surface area contributed by atoms with Crippen molar-refractivity contribution in [3.63, 3.8) is 0 Å². The molecule has 4 rings (SSSR count). The fraction of sp³-hybridized carbons (Fsp3) is 0.409. The number of anilines is 3. The van der Waals surface area contributed by atoms with Crippen LogP contribution in [0, 0.1) is 10.2 Å². The number of rotatable bonds is 8. The van der Waals surface area contributed by atoms with Crippen LogP contribution in [0.2, 0.25) is 0 Å². The lowest BCUT2D eigenvalue weighted by molar-refractivity contribution is 0.102. The zero-order valence-corrected chi connectivity index (χ0v) is 19.7. The molecule has 178 valence electrons. The van der Waals surface area contributed by atoms with E-state index < -0.39 is 33.0 Å². The third-order valence-electron chi connectivity index (χ3n) is 6.30. The molecular formula is C22H27N4O5S2-. The average Bonchev–Trinajstić information content (AvgIpc) is 3.52. The lowest BCUT2D eigenvalue weighted by Crippen LogP contribution is -2.35. The van der Waals surface area contributed by atoms with Gasteiger partial charge in [0.25, 0.3) is 5.91 Å². The van der Waals surface area contributed by atoms with Crippen molar-refractivity contribution in [1.82, 2.24) is 0 Å². The summed E-state index contributed by atoms with van der Waals surface area (Å²) in [6.07, 6.45) is 4.55. The Labute approximate surface area is 195 Å². The predicted octanol–water partition coefficient (Wildman–Crippen LogP) is 3.14. The quantitative estimate of drug-likeness (QED) is 0.418. The largest absolute Gasteiger partial charge is 0.440 e. The van der Waals surface area contributed by atoms with Crippen LogP contribution in [-0.4, -0.2) is 44.9 Å². The van der Waals surface area contributed by atoms with Crippen LogP contribution < -0.4 is 14.9 Å². The molecule has 0 aromatic heterocycles. The predicted molar refractivity (Wildman–Crippen MR) is 127 cm³/mol. The van der Waals surface area contributed by atoms with Gasteiger partial charge in [-0.1, -0.05) is 23.1 Å². The Balaban J connectivity index is 1.62. The number of amides is 1. The van der Waals surface area contributed by atoms with Gasteiger partial charge in [-0.25, -0.2) is 8.42 Å². The lowest BCUT2D eigenvalue weighted by atomic mass is 9.93. The topological polar surface area (TPSA) is 140 Å². The number of aliphatic hydroxyl groups is 1. The highest BCUT2D eigenvalue weighted by molar-refractivity contribution is 7.92. The van der Waals surface area contributed by atoms with Crippen LogP contribution in [0.15, 0.2) is 47.4 Å². The van der Waals surface area contributed by atoms with Gasteiger partial charge in [-0.05, 0) is 55.4 Å². The Morgan fingerprint density at radius 1 is 1.09 bits per heavy atom. The average molecular weight is 492 g/mol. The molecule has 1 saturated heterocycles. The van der Waals surface area contributed by atoms with E-state index in [2.05, 4.69) is 14.9 Å². The summed E-state index contributed by atoms with van der Waals surface area (Å²) < 4.78 is 45.5. The normalized spacial score (nSPS) is 17.2. The number of aliphatic hydroxyl groups excluding tert-OH is 1. The fourth-order valence-electron chi connectivity index (χ4n) is 4.19. The molecule has 2 aromatic carbocycles. The summed E-state index contributed by atoms with van der Waals surface area (Å²) in [6.45, 7) is 1.07. The molecule has 2 aromatic rings. The number of piperidine rings is 1. The number of carbonyl (C=O) groups is 1. The SMILES string of the molecule is N=[S-](=O)c1cccc(NC(=O)c2ccc(NS(=O)(=O)CCO)cc2N2CCC3(CC2)CC3)c1. The van der Waals surface area contributed by atoms with Gasteiger partial charge in [0.05, 0.1) is 29.3 Å². The molecule has 4 N–H and O–H groups in total. The number of sulfonamides is 1. The third kappa shape index (κ3) is 5.66. The highest BCUT2D eigenvalue weighted by Crippen LogP contribution is 2.54. The van der Waals surface area contributed by atoms with E-state index in [1.165, 1.54) is 25.0 Å². The van der Waals surface area contributed by atoms with E-state index in [1.807, 2.05) is 0 Å². The molecule has 2 aliphatic rings. The third-order valence-corrected chi connectivity index (χ3v) is 8.25. The van der Waals surface area contributed by atoms with Gasteiger partial charge in [0.1, 0.15) is 0 Å². The minimum atomic E-state index is -3.70. The molecule has 33 heavy (non-hydrogen) atoms. The molecule has 1 amide bonds. The van der Waals surface area contributed by atoms with E-state index in [0.717, 1.165) is 25.9 Å². The minimum absolute atomic E-state index is 0.285. The molecule has 11 heteroatoms. The van der Waals surface area contributed by atoms with Crippen LogP contribution >= 0.6 is 0 Å². The number of nitrogens with one attached hydrogen (secondary N) is 3. The fourth-order valence-corrected chi connectivity index (χ4v) is 5.45. The molecule has 9 nitrogen and oxygen atoms in total. The summed E-state index contributed by atoms with van der Waals surface area (Å²) in [5.74, 6) is -0.792. The molecule has 2 fully saturated rings. The van der Waals surface area contributed by atoms with Crippen LogP contribution in [0.4, 0.5) is 17.1 Å². The Bertz CT molecular complexity index is 1220. The van der Waals surface area contributed by atoms with Crippen molar-refractivity contribution in [3.8, 4) is 0 Å². The molecule has 0 radical (unpaired) electrons. The standard InChI is InChI=1S/C22H27N4O5S2/c23-32(29)18-3-1-2-16(14-18)24-21(28)19-5-4-17(25-33(30,31)13-12-27)15-20(19)26-10-8-22(6-7-22)9-11-26/h1-5,14-15,23,25,27H,6-13H2,(H,24,28)/q-1. The number of hydrogen-bond acceptors (Lipinski definition) is 8. The summed E-state index contributed by atoms with van der Waals surface area (Å²) in [6, 6.07) is 11.1. The van der Waals surface area contributed by atoms with Crippen molar-refractivity contribution < 1.29 is 22.5 Å². The molecule has 0 atom stereocenters. The van der Waals surface area contributed by atoms with Crippen molar-refractivity contribution >= 4 is 43.6 Å². The second-order valence-corrected chi connectivity index (χ2v) is 11.5. The highest BCUT2D eigenvalue weighted by atomic mass is 32.2. The molecule has 1 aliphatic heterocycles. The molecule has 1 spiro atoms. The van der Waals surface area contributed by atoms with Crippen molar-refractivity contribution in [2.24, 2.45) is 5.41 Å². The van der Waals surface area contributed by atoms with Crippen LogP contribution in [0.3, 0.4) is 0 Å². The lowest BCUT2D eigenvalue weighted by Gasteiger charge is -2.35. The molecule has 1 aliphatic carbocycles. The van der Waals surface area contributed by atoms with Crippen LogP contribution in [-0.2, 0) is 24.8 Å². The summed E-state index contributed by atoms with van der Waals surface area (Å²) >= 11 is 0. The van der Waals surface area contributed by atoms with Gasteiger partial charge in [0, 0.05) is 18.8 Å². The van der Waals surface area contributed by atoms with Crippen LogP contribution in [0.1, 0.15) is 36.0 Å². The monoisotopic (exact) mass is 491 g/mol. The van der Waals surface area contributed by atoms with E-state index >= 15 is 0 Å². The van der Waals surface area contributed by atoms with Crippen LogP contribution in [0.5, 0.6) is 0 Å². The van der Waals surface area contributed by atoms with Crippen molar-refractivity contribution in [2.75, 3.05) is 40.4 Å². The first-order chi connectivity index (χ1) is 15.7. The smallest absolute Gasteiger partial charge is 0.257 e. The number of benzene rings is 2. The maximum atomic E-state index is 13.2. The first kappa shape index (κ1) is 23.5. The summed E-state index contributed by atoms with van der Waals surface area (Å²) in [5.41, 5.74) is 2.21. The van der Waals surface area contributed by atoms with E-state index in [1.54, 1.807) is 30.3 Å². The highest BCUT2D eigenvalue weighted by Gasteiger charge is 2.44. The second-order valence-electron chi connectivity index (χ2n) is 8.61. The number of carbonyl (C=O) groups excluding carboxylic acids is 1. The Hall–Kier alpha value is -2.63. The molecule has 1 heterocycles. The van der Waals surface area contributed by atoms with E-state index in [-0.39, 0.29) is 10.8 Å². The molecule has 1 saturated carbocycles.